The van der Waals surface area contributed by atoms with E-state index in [-0.39, 0.29) is 18.0 Å². The van der Waals surface area contributed by atoms with E-state index in [2.05, 4.69) is 19.2 Å². The van der Waals surface area contributed by atoms with E-state index in [4.69, 9.17) is 4.74 Å². The highest BCUT2D eigenvalue weighted by Gasteiger charge is 2.32. The third-order valence-corrected chi connectivity index (χ3v) is 3.49. The van der Waals surface area contributed by atoms with Crippen LogP contribution in [0.3, 0.4) is 0 Å². The first-order chi connectivity index (χ1) is 8.22. The van der Waals surface area contributed by atoms with Crippen LogP contribution >= 0.6 is 0 Å². The zero-order valence-electron chi connectivity index (χ0n) is 10.4. The van der Waals surface area contributed by atoms with Crippen LogP contribution < -0.4 is 5.32 Å². The maximum Gasteiger partial charge on any atom is 0.123 e. The van der Waals surface area contributed by atoms with Gasteiger partial charge in [0.2, 0.25) is 0 Å². The van der Waals surface area contributed by atoms with E-state index in [0.29, 0.717) is 5.92 Å². The molecule has 3 heteroatoms. The van der Waals surface area contributed by atoms with Gasteiger partial charge in [-0.1, -0.05) is 19.1 Å². The van der Waals surface area contributed by atoms with Crippen molar-refractivity contribution in [2.45, 2.75) is 32.4 Å². The van der Waals surface area contributed by atoms with Gasteiger partial charge in [-0.2, -0.15) is 0 Å². The van der Waals surface area contributed by atoms with Crippen LogP contribution in [0.2, 0.25) is 0 Å². The first-order valence-electron chi connectivity index (χ1n) is 6.33. The Balaban J connectivity index is 2.22. The summed E-state index contributed by atoms with van der Waals surface area (Å²) in [5, 5.41) is 3.45. The third-order valence-electron chi connectivity index (χ3n) is 3.49. The zero-order chi connectivity index (χ0) is 12.3. The quantitative estimate of drug-likeness (QED) is 0.869. The summed E-state index contributed by atoms with van der Waals surface area (Å²) < 4.78 is 18.9. The molecule has 2 rings (SSSR count). The molecule has 0 aromatic heterocycles. The van der Waals surface area contributed by atoms with Crippen molar-refractivity contribution in [1.29, 1.82) is 0 Å². The minimum absolute atomic E-state index is 0.169. The fourth-order valence-corrected chi connectivity index (χ4v) is 2.62. The molecule has 0 saturated carbocycles. The fourth-order valence-electron chi connectivity index (χ4n) is 2.62. The first-order valence-corrected chi connectivity index (χ1v) is 6.33. The molecule has 3 unspecified atom stereocenters. The van der Waals surface area contributed by atoms with E-state index >= 15 is 0 Å². The van der Waals surface area contributed by atoms with E-state index in [0.717, 1.165) is 25.1 Å². The molecule has 1 fully saturated rings. The number of halogens is 1. The molecule has 1 aliphatic rings. The molecule has 0 radical (unpaired) electrons. The van der Waals surface area contributed by atoms with Crippen LogP contribution in [0.25, 0.3) is 0 Å². The Morgan fingerprint density at radius 2 is 2.35 bits per heavy atom. The summed E-state index contributed by atoms with van der Waals surface area (Å²) in [5.41, 5.74) is 1.02. The molecule has 0 spiro atoms. The number of hydrogen-bond acceptors (Lipinski definition) is 2. The molecular weight excluding hydrogens is 217 g/mol. The van der Waals surface area contributed by atoms with Crippen molar-refractivity contribution in [3.63, 3.8) is 0 Å². The minimum atomic E-state index is -0.169. The summed E-state index contributed by atoms with van der Waals surface area (Å²) >= 11 is 0. The summed E-state index contributed by atoms with van der Waals surface area (Å²) in [4.78, 5) is 0. The number of benzene rings is 1. The van der Waals surface area contributed by atoms with Crippen LogP contribution in [0.15, 0.2) is 24.3 Å². The Bertz CT molecular complexity index is 369. The van der Waals surface area contributed by atoms with Crippen molar-refractivity contribution in [1.82, 2.24) is 5.32 Å². The van der Waals surface area contributed by atoms with Crippen molar-refractivity contribution in [2.24, 2.45) is 5.92 Å². The van der Waals surface area contributed by atoms with Gasteiger partial charge in [0, 0.05) is 18.6 Å². The molecule has 1 heterocycles. The van der Waals surface area contributed by atoms with Crippen LogP contribution in [-0.4, -0.2) is 19.3 Å². The van der Waals surface area contributed by atoms with Crippen molar-refractivity contribution in [3.8, 4) is 0 Å². The highest BCUT2D eigenvalue weighted by atomic mass is 19.1. The summed E-state index contributed by atoms with van der Waals surface area (Å²) in [6.45, 7) is 5.86. The molecule has 1 N–H and O–H groups in total. The number of ether oxygens (including phenoxy) is 1. The molecule has 3 atom stereocenters. The average molecular weight is 237 g/mol. The zero-order valence-corrected chi connectivity index (χ0v) is 10.4. The normalized spacial score (nSPS) is 26.1. The lowest BCUT2D eigenvalue weighted by Crippen LogP contribution is -2.31. The Morgan fingerprint density at radius 3 is 2.94 bits per heavy atom. The number of nitrogens with one attached hydrogen (secondary N) is 1. The topological polar surface area (TPSA) is 21.3 Å². The van der Waals surface area contributed by atoms with E-state index in [1.54, 1.807) is 12.1 Å². The van der Waals surface area contributed by atoms with Gasteiger partial charge in [0.15, 0.2) is 0 Å². The molecule has 1 saturated heterocycles. The standard InChI is InChI=1S/C14H20FNO/c1-3-16-14(13-7-8-17-10(13)2)11-5-4-6-12(15)9-11/h4-6,9-10,13-14,16H,3,7-8H2,1-2H3. The van der Waals surface area contributed by atoms with Gasteiger partial charge in [-0.25, -0.2) is 4.39 Å². The van der Waals surface area contributed by atoms with Crippen LogP contribution in [0.4, 0.5) is 4.39 Å². The number of hydrogen-bond donors (Lipinski definition) is 1. The predicted molar refractivity (Wildman–Crippen MR) is 66.3 cm³/mol. The van der Waals surface area contributed by atoms with Gasteiger partial charge in [0.25, 0.3) is 0 Å². The van der Waals surface area contributed by atoms with Gasteiger partial charge in [-0.05, 0) is 37.6 Å². The summed E-state index contributed by atoms with van der Waals surface area (Å²) in [7, 11) is 0. The van der Waals surface area contributed by atoms with E-state index in [1.807, 2.05) is 6.07 Å². The third kappa shape index (κ3) is 2.85. The van der Waals surface area contributed by atoms with Crippen LogP contribution in [-0.2, 0) is 4.74 Å². The molecule has 0 amide bonds. The Labute approximate surface area is 102 Å². The Kier molecular flexibility index (Phi) is 4.13. The van der Waals surface area contributed by atoms with Crippen molar-refractivity contribution >= 4 is 0 Å². The Morgan fingerprint density at radius 1 is 1.53 bits per heavy atom. The molecule has 0 aliphatic carbocycles. The van der Waals surface area contributed by atoms with Gasteiger partial charge < -0.3 is 10.1 Å². The van der Waals surface area contributed by atoms with Crippen molar-refractivity contribution in [3.05, 3.63) is 35.6 Å². The van der Waals surface area contributed by atoms with Gasteiger partial charge in [0.1, 0.15) is 5.82 Å². The second kappa shape index (κ2) is 5.61. The average Bonchev–Trinajstić information content (AvgIpc) is 2.72. The summed E-state index contributed by atoms with van der Waals surface area (Å²) in [6.07, 6.45) is 1.28. The lowest BCUT2D eigenvalue weighted by molar-refractivity contribution is 0.0955. The van der Waals surface area contributed by atoms with Crippen LogP contribution in [0, 0.1) is 11.7 Å². The van der Waals surface area contributed by atoms with Gasteiger partial charge in [0.05, 0.1) is 6.10 Å². The lowest BCUT2D eigenvalue weighted by atomic mass is 9.88. The predicted octanol–water partition coefficient (Wildman–Crippen LogP) is 2.90. The molecule has 1 aromatic carbocycles. The SMILES string of the molecule is CCNC(c1cccc(F)c1)C1CCOC1C. The lowest BCUT2D eigenvalue weighted by Gasteiger charge is -2.27. The van der Waals surface area contributed by atoms with Crippen LogP contribution in [0.5, 0.6) is 0 Å². The van der Waals surface area contributed by atoms with E-state index < -0.39 is 0 Å². The Hall–Kier alpha value is -0.930. The van der Waals surface area contributed by atoms with Gasteiger partial charge in [-0.3, -0.25) is 0 Å². The fraction of sp³-hybridized carbons (Fsp3) is 0.571. The maximum atomic E-state index is 13.3. The van der Waals surface area contributed by atoms with Crippen molar-refractivity contribution in [2.75, 3.05) is 13.2 Å². The maximum absolute atomic E-state index is 13.3. The van der Waals surface area contributed by atoms with Crippen LogP contribution in [0.1, 0.15) is 31.9 Å². The highest BCUT2D eigenvalue weighted by molar-refractivity contribution is 5.21. The summed E-state index contributed by atoms with van der Waals surface area (Å²) in [6, 6.07) is 7.06. The molecular formula is C14H20FNO. The molecule has 94 valence electrons. The number of rotatable bonds is 4. The first kappa shape index (κ1) is 12.5. The molecule has 2 nitrogen and oxygen atoms in total. The smallest absolute Gasteiger partial charge is 0.123 e. The minimum Gasteiger partial charge on any atom is -0.378 e. The van der Waals surface area contributed by atoms with E-state index in [1.165, 1.54) is 6.07 Å². The van der Waals surface area contributed by atoms with E-state index in [9.17, 15) is 4.39 Å². The van der Waals surface area contributed by atoms with Crippen molar-refractivity contribution < 1.29 is 9.13 Å². The molecule has 1 aromatic rings. The second-order valence-corrected chi connectivity index (χ2v) is 4.62. The van der Waals surface area contributed by atoms with Gasteiger partial charge >= 0.3 is 0 Å². The van der Waals surface area contributed by atoms with Gasteiger partial charge in [-0.15, -0.1) is 0 Å². The molecule has 0 bridgehead atoms. The molecule has 1 aliphatic heterocycles. The highest BCUT2D eigenvalue weighted by Crippen LogP contribution is 2.33. The second-order valence-electron chi connectivity index (χ2n) is 4.62. The summed E-state index contributed by atoms with van der Waals surface area (Å²) in [5.74, 6) is 0.258. The monoisotopic (exact) mass is 237 g/mol. The molecule has 17 heavy (non-hydrogen) atoms. The largest absolute Gasteiger partial charge is 0.378 e.